The fraction of sp³-hybridized carbons (Fsp3) is 0.263. The third kappa shape index (κ3) is 3.01. The summed E-state index contributed by atoms with van der Waals surface area (Å²) in [4.78, 5) is 19.9. The van der Waals surface area contributed by atoms with E-state index in [1.807, 2.05) is 28.8 Å². The molecule has 0 bridgehead atoms. The molecule has 0 N–H and O–H groups in total. The Morgan fingerprint density at radius 1 is 1.04 bits per heavy atom. The zero-order valence-electron chi connectivity index (χ0n) is 13.3. The van der Waals surface area contributed by atoms with E-state index in [1.165, 1.54) is 5.56 Å². The zero-order chi connectivity index (χ0) is 16.5. The Bertz CT molecular complexity index is 936. The summed E-state index contributed by atoms with van der Waals surface area (Å²) < 4.78 is 2.80. The first-order valence-corrected chi connectivity index (χ1v) is 8.95. The van der Waals surface area contributed by atoms with Crippen molar-refractivity contribution in [2.75, 3.05) is 13.1 Å². The average molecular weight is 384 g/mol. The minimum Gasteiger partial charge on any atom is -0.297 e. The van der Waals surface area contributed by atoms with Crippen LogP contribution < -0.4 is 5.56 Å². The third-order valence-corrected chi connectivity index (χ3v) is 5.03. The molecule has 0 aliphatic carbocycles. The minimum atomic E-state index is 0.0732. The normalized spacial score (nSPS) is 15.2. The molecule has 0 amide bonds. The van der Waals surface area contributed by atoms with E-state index in [-0.39, 0.29) is 5.56 Å². The van der Waals surface area contributed by atoms with E-state index in [2.05, 4.69) is 45.1 Å². The lowest BCUT2D eigenvalue weighted by Gasteiger charge is -2.19. The largest absolute Gasteiger partial charge is 0.297 e. The van der Waals surface area contributed by atoms with Crippen molar-refractivity contribution in [1.82, 2.24) is 14.5 Å². The van der Waals surface area contributed by atoms with Gasteiger partial charge in [0.25, 0.3) is 5.56 Å². The second kappa shape index (κ2) is 6.49. The van der Waals surface area contributed by atoms with E-state index in [4.69, 9.17) is 4.98 Å². The smallest absolute Gasteiger partial charge is 0.261 e. The predicted molar refractivity (Wildman–Crippen MR) is 99.1 cm³/mol. The SMILES string of the molecule is O=c1c2ccc(Br)cc2nc2n1CCN(Cc1ccccc1)CC2. The molecule has 0 radical (unpaired) electrons. The van der Waals surface area contributed by atoms with E-state index in [1.54, 1.807) is 0 Å². The summed E-state index contributed by atoms with van der Waals surface area (Å²) in [6.45, 7) is 3.39. The first-order valence-electron chi connectivity index (χ1n) is 8.16. The zero-order valence-corrected chi connectivity index (χ0v) is 14.9. The third-order valence-electron chi connectivity index (χ3n) is 4.54. The van der Waals surface area contributed by atoms with Gasteiger partial charge in [-0.25, -0.2) is 4.98 Å². The first-order chi connectivity index (χ1) is 11.7. The highest BCUT2D eigenvalue weighted by atomic mass is 79.9. The summed E-state index contributed by atoms with van der Waals surface area (Å²) in [5, 5.41) is 0.693. The van der Waals surface area contributed by atoms with Crippen molar-refractivity contribution in [2.45, 2.75) is 19.5 Å². The minimum absolute atomic E-state index is 0.0732. The Balaban J connectivity index is 1.64. The first kappa shape index (κ1) is 15.5. The van der Waals surface area contributed by atoms with E-state index in [0.29, 0.717) is 11.9 Å². The van der Waals surface area contributed by atoms with Gasteiger partial charge in [-0.1, -0.05) is 46.3 Å². The number of nitrogens with zero attached hydrogens (tertiary/aromatic N) is 3. The molecule has 1 aromatic heterocycles. The number of hydrogen-bond acceptors (Lipinski definition) is 3. The summed E-state index contributed by atoms with van der Waals surface area (Å²) in [5.74, 6) is 0.890. The van der Waals surface area contributed by atoms with Gasteiger partial charge in [0.05, 0.1) is 10.9 Å². The van der Waals surface area contributed by atoms with Crippen LogP contribution in [-0.4, -0.2) is 27.5 Å². The molecule has 2 heterocycles. The van der Waals surface area contributed by atoms with Crippen LogP contribution in [0.1, 0.15) is 11.4 Å². The Morgan fingerprint density at radius 3 is 2.71 bits per heavy atom. The molecule has 0 atom stereocenters. The Kier molecular flexibility index (Phi) is 4.21. The van der Waals surface area contributed by atoms with Crippen LogP contribution in [0.15, 0.2) is 57.8 Å². The van der Waals surface area contributed by atoms with Crippen LogP contribution in [0.2, 0.25) is 0 Å². The van der Waals surface area contributed by atoms with Crippen molar-refractivity contribution >= 4 is 26.8 Å². The highest BCUT2D eigenvalue weighted by Gasteiger charge is 2.17. The molecule has 1 aliphatic rings. The van der Waals surface area contributed by atoms with Gasteiger partial charge in [-0.2, -0.15) is 0 Å². The van der Waals surface area contributed by atoms with Crippen molar-refractivity contribution in [3.63, 3.8) is 0 Å². The standard InChI is InChI=1S/C19H18BrN3O/c20-15-6-7-16-17(12-15)21-18-8-9-22(10-11-23(18)19(16)24)13-14-4-2-1-3-5-14/h1-7,12H,8-11,13H2. The predicted octanol–water partition coefficient (Wildman–Crippen LogP) is 3.22. The summed E-state index contributed by atoms with van der Waals surface area (Å²) in [5.41, 5.74) is 2.15. The van der Waals surface area contributed by atoms with Gasteiger partial charge in [0.15, 0.2) is 0 Å². The quantitative estimate of drug-likeness (QED) is 0.681. The van der Waals surface area contributed by atoms with E-state index in [9.17, 15) is 4.79 Å². The maximum atomic E-state index is 12.8. The number of rotatable bonds is 2. The summed E-state index contributed by atoms with van der Waals surface area (Å²) in [7, 11) is 0. The lowest BCUT2D eigenvalue weighted by molar-refractivity contribution is 0.271. The molecule has 24 heavy (non-hydrogen) atoms. The van der Waals surface area contributed by atoms with Gasteiger partial charge in [-0.05, 0) is 23.8 Å². The molecular formula is C19H18BrN3O. The molecule has 3 aromatic rings. The van der Waals surface area contributed by atoms with Crippen molar-refractivity contribution in [3.05, 3.63) is 74.7 Å². The van der Waals surface area contributed by atoms with Crippen molar-refractivity contribution in [1.29, 1.82) is 0 Å². The number of benzene rings is 2. The highest BCUT2D eigenvalue weighted by molar-refractivity contribution is 9.10. The van der Waals surface area contributed by atoms with Gasteiger partial charge < -0.3 is 0 Å². The number of halogens is 1. The van der Waals surface area contributed by atoms with Gasteiger partial charge in [-0.15, -0.1) is 0 Å². The van der Waals surface area contributed by atoms with Crippen LogP contribution in [0.5, 0.6) is 0 Å². The lowest BCUT2D eigenvalue weighted by atomic mass is 10.2. The molecular weight excluding hydrogens is 366 g/mol. The van der Waals surface area contributed by atoms with Gasteiger partial charge in [0.2, 0.25) is 0 Å². The van der Waals surface area contributed by atoms with Crippen molar-refractivity contribution < 1.29 is 0 Å². The molecule has 122 valence electrons. The molecule has 4 nitrogen and oxygen atoms in total. The van der Waals surface area contributed by atoms with E-state index >= 15 is 0 Å². The molecule has 0 saturated carbocycles. The fourth-order valence-corrected chi connectivity index (χ4v) is 3.62. The molecule has 0 spiro atoms. The molecule has 0 saturated heterocycles. The second-order valence-corrected chi connectivity index (χ2v) is 7.07. The van der Waals surface area contributed by atoms with Crippen LogP contribution >= 0.6 is 15.9 Å². The van der Waals surface area contributed by atoms with Gasteiger partial charge in [0.1, 0.15) is 5.82 Å². The topological polar surface area (TPSA) is 38.1 Å². The van der Waals surface area contributed by atoms with Gasteiger partial charge in [-0.3, -0.25) is 14.3 Å². The molecule has 4 rings (SSSR count). The molecule has 2 aromatic carbocycles. The molecule has 5 heteroatoms. The number of fused-ring (bicyclic) bond motifs is 2. The highest BCUT2D eigenvalue weighted by Crippen LogP contribution is 2.17. The van der Waals surface area contributed by atoms with Crippen LogP contribution in [0.25, 0.3) is 10.9 Å². The summed E-state index contributed by atoms with van der Waals surface area (Å²) in [6, 6.07) is 16.1. The Morgan fingerprint density at radius 2 is 1.88 bits per heavy atom. The average Bonchev–Trinajstić information content (AvgIpc) is 2.78. The Hall–Kier alpha value is -1.98. The molecule has 1 aliphatic heterocycles. The van der Waals surface area contributed by atoms with Crippen molar-refractivity contribution in [3.8, 4) is 0 Å². The van der Waals surface area contributed by atoms with Crippen molar-refractivity contribution in [2.24, 2.45) is 0 Å². The maximum Gasteiger partial charge on any atom is 0.261 e. The van der Waals surface area contributed by atoms with Crippen LogP contribution in [0.3, 0.4) is 0 Å². The van der Waals surface area contributed by atoms with Crippen LogP contribution in [0.4, 0.5) is 0 Å². The number of hydrogen-bond donors (Lipinski definition) is 0. The summed E-state index contributed by atoms with van der Waals surface area (Å²) in [6.07, 6.45) is 0.796. The van der Waals surface area contributed by atoms with E-state index < -0.39 is 0 Å². The second-order valence-electron chi connectivity index (χ2n) is 6.16. The number of aromatic nitrogens is 2. The van der Waals surface area contributed by atoms with E-state index in [0.717, 1.165) is 41.9 Å². The monoisotopic (exact) mass is 383 g/mol. The maximum absolute atomic E-state index is 12.8. The van der Waals surface area contributed by atoms with Crippen LogP contribution in [-0.2, 0) is 19.5 Å². The molecule has 0 fully saturated rings. The lowest BCUT2D eigenvalue weighted by Crippen LogP contribution is -2.28. The summed E-state index contributed by atoms with van der Waals surface area (Å²) >= 11 is 3.46. The Labute approximate surface area is 148 Å². The fourth-order valence-electron chi connectivity index (χ4n) is 3.27. The van der Waals surface area contributed by atoms with Gasteiger partial charge in [0, 0.05) is 37.1 Å². The van der Waals surface area contributed by atoms with Gasteiger partial charge >= 0.3 is 0 Å². The van der Waals surface area contributed by atoms with Crippen LogP contribution in [0, 0.1) is 0 Å². The molecule has 0 unspecified atom stereocenters.